The Labute approximate surface area is 149 Å². The van der Waals surface area contributed by atoms with E-state index in [1.807, 2.05) is 18.2 Å². The lowest BCUT2D eigenvalue weighted by Crippen LogP contribution is -2.20. The Balaban J connectivity index is 0.000000212. The SMILES string of the molecule is C=Cc1ccccc1O.Oc1ccccc1O[Si]c1ccccc1O. The molecule has 126 valence electrons. The number of phenolic OH excluding ortho intramolecular Hbond substituents is 3. The van der Waals surface area contributed by atoms with Gasteiger partial charge in [-0.25, -0.2) is 0 Å². The van der Waals surface area contributed by atoms with Crippen LogP contribution in [0.1, 0.15) is 5.56 Å². The van der Waals surface area contributed by atoms with Gasteiger partial charge in [0.1, 0.15) is 17.2 Å². The molecule has 3 aromatic carbocycles. The minimum Gasteiger partial charge on any atom is -0.533 e. The van der Waals surface area contributed by atoms with Crippen molar-refractivity contribution in [2.75, 3.05) is 0 Å². The van der Waals surface area contributed by atoms with Crippen LogP contribution >= 0.6 is 0 Å². The molecule has 4 nitrogen and oxygen atoms in total. The number of hydrogen-bond acceptors (Lipinski definition) is 4. The fourth-order valence-electron chi connectivity index (χ4n) is 1.87. The smallest absolute Gasteiger partial charge is 0.355 e. The van der Waals surface area contributed by atoms with Gasteiger partial charge in [-0.2, -0.15) is 0 Å². The van der Waals surface area contributed by atoms with Crippen LogP contribution < -0.4 is 9.61 Å². The zero-order valence-electron chi connectivity index (χ0n) is 13.5. The van der Waals surface area contributed by atoms with Crippen LogP contribution in [-0.2, 0) is 0 Å². The Morgan fingerprint density at radius 3 is 1.84 bits per heavy atom. The second-order valence-electron chi connectivity index (χ2n) is 4.95. The fourth-order valence-corrected chi connectivity index (χ4v) is 2.62. The quantitative estimate of drug-likeness (QED) is 0.630. The summed E-state index contributed by atoms with van der Waals surface area (Å²) < 4.78 is 5.42. The lowest BCUT2D eigenvalue weighted by atomic mass is 10.2. The lowest BCUT2D eigenvalue weighted by molar-refractivity contribution is 0.443. The molecule has 3 rings (SSSR count). The van der Waals surface area contributed by atoms with E-state index in [0.717, 1.165) is 5.56 Å². The molecule has 0 bridgehead atoms. The Morgan fingerprint density at radius 1 is 0.720 bits per heavy atom. The van der Waals surface area contributed by atoms with Crippen molar-refractivity contribution in [2.45, 2.75) is 0 Å². The summed E-state index contributed by atoms with van der Waals surface area (Å²) in [6, 6.07) is 20.8. The molecule has 0 spiro atoms. The van der Waals surface area contributed by atoms with Gasteiger partial charge in [-0.3, -0.25) is 0 Å². The maximum atomic E-state index is 9.52. The van der Waals surface area contributed by atoms with Crippen LogP contribution in [0.5, 0.6) is 23.0 Å². The molecule has 3 N–H and O–H groups in total. The molecule has 0 aromatic heterocycles. The molecule has 0 fully saturated rings. The molecule has 0 saturated heterocycles. The molecule has 0 aliphatic carbocycles. The Morgan fingerprint density at radius 2 is 1.28 bits per heavy atom. The van der Waals surface area contributed by atoms with Gasteiger partial charge in [-0.05, 0) is 24.3 Å². The van der Waals surface area contributed by atoms with Crippen LogP contribution in [-0.4, -0.2) is 25.1 Å². The molecule has 0 aliphatic rings. The average molecular weight is 350 g/mol. The standard InChI is InChI=1S/C12H10O3Si.C8H8O/c13-9-5-1-3-7-11(9)15-16-12-8-4-2-6-10(12)14;1-2-7-5-3-4-6-8(7)9/h1-8,13-14H;2-6,9H,1H2. The van der Waals surface area contributed by atoms with Gasteiger partial charge >= 0.3 is 9.76 Å². The highest BCUT2D eigenvalue weighted by Gasteiger charge is 2.06. The molecule has 0 unspecified atom stereocenters. The van der Waals surface area contributed by atoms with Crippen LogP contribution in [0.2, 0.25) is 0 Å². The van der Waals surface area contributed by atoms with Gasteiger partial charge in [0.05, 0.1) is 0 Å². The molecule has 3 aromatic rings. The number of para-hydroxylation sites is 4. The normalized spacial score (nSPS) is 9.60. The van der Waals surface area contributed by atoms with Gasteiger partial charge in [0.2, 0.25) is 0 Å². The van der Waals surface area contributed by atoms with Crippen molar-refractivity contribution in [3.63, 3.8) is 0 Å². The largest absolute Gasteiger partial charge is 0.533 e. The number of rotatable bonds is 4. The summed E-state index contributed by atoms with van der Waals surface area (Å²) in [5.41, 5.74) is 0.775. The van der Waals surface area contributed by atoms with E-state index in [0.29, 0.717) is 10.9 Å². The predicted octanol–water partition coefficient (Wildman–Crippen LogP) is 3.46. The molecule has 0 amide bonds. The lowest BCUT2D eigenvalue weighted by Gasteiger charge is -2.07. The van der Waals surface area contributed by atoms with Gasteiger partial charge in [0.15, 0.2) is 5.75 Å². The second-order valence-corrected chi connectivity index (χ2v) is 5.90. The van der Waals surface area contributed by atoms with E-state index < -0.39 is 0 Å². The molecule has 0 aliphatic heterocycles. The van der Waals surface area contributed by atoms with Crippen molar-refractivity contribution in [3.8, 4) is 23.0 Å². The summed E-state index contributed by atoms with van der Waals surface area (Å²) in [5, 5.41) is 28.7. The minimum atomic E-state index is -0.0329. The Hall–Kier alpha value is -3.18. The summed E-state index contributed by atoms with van der Waals surface area (Å²) in [7, 11) is -0.0329. The number of benzene rings is 3. The first kappa shape index (κ1) is 18.2. The van der Waals surface area contributed by atoms with Gasteiger partial charge in [0, 0.05) is 10.8 Å². The molecular weight excluding hydrogens is 332 g/mol. The van der Waals surface area contributed by atoms with E-state index in [9.17, 15) is 10.2 Å². The van der Waals surface area contributed by atoms with Crippen molar-refractivity contribution in [2.24, 2.45) is 0 Å². The maximum absolute atomic E-state index is 9.52. The highest BCUT2D eigenvalue weighted by Crippen LogP contribution is 2.23. The zero-order valence-corrected chi connectivity index (χ0v) is 14.5. The van der Waals surface area contributed by atoms with Crippen molar-refractivity contribution < 1.29 is 19.7 Å². The van der Waals surface area contributed by atoms with Gasteiger partial charge in [0.25, 0.3) is 0 Å². The van der Waals surface area contributed by atoms with Gasteiger partial charge < -0.3 is 19.7 Å². The third-order valence-electron chi connectivity index (χ3n) is 3.20. The number of hydrogen-bond donors (Lipinski definition) is 3. The molecule has 0 heterocycles. The third kappa shape index (κ3) is 5.44. The first-order valence-corrected chi connectivity index (χ1v) is 8.42. The van der Waals surface area contributed by atoms with Gasteiger partial charge in [-0.1, -0.05) is 61.2 Å². The van der Waals surface area contributed by atoms with E-state index >= 15 is 0 Å². The molecule has 25 heavy (non-hydrogen) atoms. The Kier molecular flexibility index (Phi) is 6.68. The highest BCUT2D eigenvalue weighted by molar-refractivity contribution is 6.49. The monoisotopic (exact) mass is 350 g/mol. The topological polar surface area (TPSA) is 69.9 Å². The third-order valence-corrected chi connectivity index (χ3v) is 4.16. The fraction of sp³-hybridized carbons (Fsp3) is 0. The van der Waals surface area contributed by atoms with Crippen molar-refractivity contribution in [3.05, 3.63) is 84.9 Å². The van der Waals surface area contributed by atoms with Crippen molar-refractivity contribution >= 4 is 21.0 Å². The van der Waals surface area contributed by atoms with E-state index in [-0.39, 0.29) is 27.0 Å². The number of aromatic hydroxyl groups is 3. The summed E-state index contributed by atoms with van der Waals surface area (Å²) in [6.07, 6.45) is 1.62. The molecular formula is C20H18O4Si. The molecule has 5 heteroatoms. The Bertz CT molecular complexity index is 788. The maximum Gasteiger partial charge on any atom is 0.355 e. The summed E-state index contributed by atoms with van der Waals surface area (Å²) in [4.78, 5) is 0. The van der Waals surface area contributed by atoms with E-state index in [1.54, 1.807) is 60.7 Å². The summed E-state index contributed by atoms with van der Waals surface area (Å²) in [6.45, 7) is 3.53. The zero-order chi connectivity index (χ0) is 18.1. The van der Waals surface area contributed by atoms with Crippen LogP contribution in [0.15, 0.2) is 79.4 Å². The van der Waals surface area contributed by atoms with E-state index in [2.05, 4.69) is 6.58 Å². The van der Waals surface area contributed by atoms with Gasteiger partial charge in [-0.15, -0.1) is 0 Å². The molecule has 0 atom stereocenters. The van der Waals surface area contributed by atoms with Crippen LogP contribution in [0.4, 0.5) is 0 Å². The van der Waals surface area contributed by atoms with Crippen LogP contribution in [0.3, 0.4) is 0 Å². The first-order valence-electron chi connectivity index (χ1n) is 7.51. The number of phenols is 3. The van der Waals surface area contributed by atoms with Crippen molar-refractivity contribution in [1.82, 2.24) is 0 Å². The van der Waals surface area contributed by atoms with Crippen LogP contribution in [0.25, 0.3) is 6.08 Å². The first-order chi connectivity index (χ1) is 12.1. The second kappa shape index (κ2) is 9.20. The average Bonchev–Trinajstić information content (AvgIpc) is 2.63. The minimum absolute atomic E-state index is 0.0329. The van der Waals surface area contributed by atoms with Crippen molar-refractivity contribution in [1.29, 1.82) is 0 Å². The highest BCUT2D eigenvalue weighted by atomic mass is 28.2. The predicted molar refractivity (Wildman–Crippen MR) is 100 cm³/mol. The summed E-state index contributed by atoms with van der Waals surface area (Å²) >= 11 is 0. The summed E-state index contributed by atoms with van der Waals surface area (Å²) in [5.74, 6) is 1.01. The van der Waals surface area contributed by atoms with Crippen LogP contribution in [0, 0.1) is 0 Å². The van der Waals surface area contributed by atoms with E-state index in [4.69, 9.17) is 9.53 Å². The molecule has 2 radical (unpaired) electrons. The molecule has 0 saturated carbocycles. The van der Waals surface area contributed by atoms with E-state index in [1.165, 1.54) is 0 Å².